The summed E-state index contributed by atoms with van der Waals surface area (Å²) in [5, 5.41) is 12.4. The molecule has 0 bridgehead atoms. The van der Waals surface area contributed by atoms with E-state index in [4.69, 9.17) is 23.2 Å². The first-order valence-corrected chi connectivity index (χ1v) is 12.4. The Bertz CT molecular complexity index is 1410. The van der Waals surface area contributed by atoms with Crippen LogP contribution >= 0.6 is 23.2 Å². The number of hydrogen-bond acceptors (Lipinski definition) is 6. The molecule has 0 aliphatic carbocycles. The standard InChI is InChI=1S/C28H23Cl2N5O3.Na.H/c29-22-7-2-8-23(30)25(22)26(36)34-24(27(37)38)9-1-5-19-10-12-21(13-11-19)35(28-32-15-4-16-33-28)18-20-6-3-14-31-17-20;;/h1-8,10-17,24H,9,18H2,(H,34,36)(H,37,38);;/q;+1;-1. The first kappa shape index (κ1) is 30.3. The summed E-state index contributed by atoms with van der Waals surface area (Å²) in [5.74, 6) is -1.27. The summed E-state index contributed by atoms with van der Waals surface area (Å²) < 4.78 is 0. The van der Waals surface area contributed by atoms with E-state index in [9.17, 15) is 14.7 Å². The number of pyridine rings is 1. The van der Waals surface area contributed by atoms with Gasteiger partial charge in [0.15, 0.2) is 0 Å². The van der Waals surface area contributed by atoms with Gasteiger partial charge in [0.05, 0.1) is 22.2 Å². The number of anilines is 2. The van der Waals surface area contributed by atoms with Crippen molar-refractivity contribution in [3.8, 4) is 0 Å². The van der Waals surface area contributed by atoms with Crippen LogP contribution in [0.3, 0.4) is 0 Å². The Morgan fingerprint density at radius 3 is 2.28 bits per heavy atom. The minimum Gasteiger partial charge on any atom is -1.00 e. The van der Waals surface area contributed by atoms with Gasteiger partial charge >= 0.3 is 35.5 Å². The number of aromatic nitrogens is 3. The van der Waals surface area contributed by atoms with Crippen molar-refractivity contribution in [2.75, 3.05) is 4.90 Å². The van der Waals surface area contributed by atoms with Crippen LogP contribution in [0.25, 0.3) is 6.08 Å². The molecule has 2 aromatic heterocycles. The molecule has 194 valence electrons. The molecule has 8 nitrogen and oxygen atoms in total. The minimum atomic E-state index is -1.17. The maximum atomic E-state index is 12.6. The molecule has 4 aromatic rings. The fourth-order valence-corrected chi connectivity index (χ4v) is 4.22. The normalized spacial score (nSPS) is 11.4. The second-order valence-electron chi connectivity index (χ2n) is 8.19. The molecule has 1 unspecified atom stereocenters. The second kappa shape index (κ2) is 14.8. The molecule has 0 saturated carbocycles. The van der Waals surface area contributed by atoms with E-state index < -0.39 is 17.9 Å². The van der Waals surface area contributed by atoms with Crippen LogP contribution in [0.1, 0.15) is 29.3 Å². The van der Waals surface area contributed by atoms with Crippen LogP contribution < -0.4 is 39.8 Å². The predicted octanol–water partition coefficient (Wildman–Crippen LogP) is 2.92. The molecule has 0 saturated heterocycles. The van der Waals surface area contributed by atoms with Gasteiger partial charge in [0, 0.05) is 30.5 Å². The van der Waals surface area contributed by atoms with E-state index in [1.807, 2.05) is 41.3 Å². The van der Waals surface area contributed by atoms with Crippen molar-refractivity contribution in [2.24, 2.45) is 0 Å². The monoisotopic (exact) mass is 571 g/mol. The number of aliphatic carboxylic acids is 1. The molecule has 11 heteroatoms. The van der Waals surface area contributed by atoms with E-state index in [2.05, 4.69) is 20.3 Å². The zero-order chi connectivity index (χ0) is 26.9. The van der Waals surface area contributed by atoms with Gasteiger partial charge in [-0.1, -0.05) is 59.6 Å². The fraction of sp³-hybridized carbons (Fsp3) is 0.107. The Kier molecular flexibility index (Phi) is 11.5. The molecule has 0 fully saturated rings. The van der Waals surface area contributed by atoms with E-state index in [1.54, 1.807) is 49.1 Å². The first-order chi connectivity index (χ1) is 18.4. The summed E-state index contributed by atoms with van der Waals surface area (Å²) in [6, 6.07) is 16.8. The van der Waals surface area contributed by atoms with Crippen molar-refractivity contribution in [3.05, 3.63) is 118 Å². The number of halogens is 2. The maximum Gasteiger partial charge on any atom is 1.00 e. The van der Waals surface area contributed by atoms with Crippen molar-refractivity contribution in [3.63, 3.8) is 0 Å². The molecule has 2 N–H and O–H groups in total. The van der Waals surface area contributed by atoms with Crippen molar-refractivity contribution >= 4 is 52.8 Å². The number of hydrogen-bond donors (Lipinski definition) is 2. The third-order valence-electron chi connectivity index (χ3n) is 5.54. The average molecular weight is 572 g/mol. The van der Waals surface area contributed by atoms with Gasteiger partial charge in [-0.25, -0.2) is 14.8 Å². The van der Waals surface area contributed by atoms with Crippen LogP contribution in [0.4, 0.5) is 11.6 Å². The Labute approximate surface area is 259 Å². The first-order valence-electron chi connectivity index (χ1n) is 11.6. The predicted molar refractivity (Wildman–Crippen MR) is 149 cm³/mol. The number of nitrogens with one attached hydrogen (secondary N) is 1. The van der Waals surface area contributed by atoms with Crippen molar-refractivity contribution in [1.29, 1.82) is 0 Å². The molecule has 1 amide bonds. The number of rotatable bonds is 10. The quantitative estimate of drug-likeness (QED) is 0.282. The Balaban J connectivity index is 0.00000280. The van der Waals surface area contributed by atoms with E-state index in [1.165, 1.54) is 12.1 Å². The molecule has 2 aromatic carbocycles. The molecule has 0 spiro atoms. The Morgan fingerprint density at radius 2 is 1.67 bits per heavy atom. The molecule has 2 heterocycles. The summed E-state index contributed by atoms with van der Waals surface area (Å²) in [6.45, 7) is 0.530. The summed E-state index contributed by atoms with van der Waals surface area (Å²) in [6.07, 6.45) is 10.4. The van der Waals surface area contributed by atoms with Crippen LogP contribution in [0, 0.1) is 0 Å². The topological polar surface area (TPSA) is 108 Å². The van der Waals surface area contributed by atoms with Crippen LogP contribution in [0.15, 0.2) is 91.5 Å². The van der Waals surface area contributed by atoms with Crippen molar-refractivity contribution < 1.29 is 45.7 Å². The molecule has 0 aliphatic rings. The van der Waals surface area contributed by atoms with Gasteiger partial charge in [0.1, 0.15) is 6.04 Å². The molecule has 39 heavy (non-hydrogen) atoms. The van der Waals surface area contributed by atoms with Crippen molar-refractivity contribution in [2.45, 2.75) is 19.0 Å². The van der Waals surface area contributed by atoms with Gasteiger partial charge in [-0.3, -0.25) is 9.78 Å². The number of nitrogens with zero attached hydrogens (tertiary/aromatic N) is 4. The van der Waals surface area contributed by atoms with Crippen molar-refractivity contribution in [1.82, 2.24) is 20.3 Å². The van der Waals surface area contributed by atoms with E-state index in [-0.39, 0.29) is 53.0 Å². The molecule has 4 rings (SSSR count). The zero-order valence-corrected chi connectivity index (χ0v) is 24.5. The average Bonchev–Trinajstić information content (AvgIpc) is 2.92. The van der Waals surface area contributed by atoms with Crippen LogP contribution in [-0.4, -0.2) is 38.0 Å². The SMILES string of the molecule is O=C(NC(CC=Cc1ccc(N(Cc2cccnc2)c2ncccn2)cc1)C(=O)O)c1c(Cl)cccc1Cl.[H-].[Na+]. The van der Waals surface area contributed by atoms with Gasteiger partial charge in [0.25, 0.3) is 5.91 Å². The molecule has 0 aliphatic heterocycles. The summed E-state index contributed by atoms with van der Waals surface area (Å²) in [5.41, 5.74) is 2.78. The van der Waals surface area contributed by atoms with Gasteiger partial charge in [-0.2, -0.15) is 0 Å². The van der Waals surface area contributed by atoms with Gasteiger partial charge in [-0.05, 0) is 53.9 Å². The zero-order valence-electron chi connectivity index (χ0n) is 22.0. The third-order valence-corrected chi connectivity index (χ3v) is 6.17. The molecule has 1 atom stereocenters. The number of benzene rings is 2. The number of carboxylic acids is 1. The van der Waals surface area contributed by atoms with Gasteiger partial charge in [-0.15, -0.1) is 0 Å². The summed E-state index contributed by atoms with van der Waals surface area (Å²) in [7, 11) is 0. The fourth-order valence-electron chi connectivity index (χ4n) is 3.65. The summed E-state index contributed by atoms with van der Waals surface area (Å²) in [4.78, 5) is 39.3. The maximum absolute atomic E-state index is 12.6. The Morgan fingerprint density at radius 1 is 0.974 bits per heavy atom. The smallest absolute Gasteiger partial charge is 1.00 e. The summed E-state index contributed by atoms with van der Waals surface area (Å²) >= 11 is 12.1. The van der Waals surface area contributed by atoms with Crippen LogP contribution in [0.5, 0.6) is 0 Å². The molecular formula is C28H24Cl2N5NaO3. The van der Waals surface area contributed by atoms with Crippen LogP contribution in [-0.2, 0) is 11.3 Å². The second-order valence-corrected chi connectivity index (χ2v) is 9.00. The number of carbonyl (C=O) groups excluding carboxylic acids is 1. The Hall–Kier alpha value is -3.27. The van der Waals surface area contributed by atoms with Crippen LogP contribution in [0.2, 0.25) is 10.0 Å². The minimum absolute atomic E-state index is 0. The number of amides is 1. The van der Waals surface area contributed by atoms with E-state index >= 15 is 0 Å². The largest absolute Gasteiger partial charge is 1.00 e. The van der Waals surface area contributed by atoms with Gasteiger partial charge < -0.3 is 16.7 Å². The number of carbonyl (C=O) groups is 2. The number of carboxylic acid groups (broad SMARTS) is 1. The van der Waals surface area contributed by atoms with E-state index in [0.717, 1.165) is 16.8 Å². The third kappa shape index (κ3) is 8.36. The van der Waals surface area contributed by atoms with Gasteiger partial charge in [0.2, 0.25) is 5.95 Å². The van der Waals surface area contributed by atoms with E-state index in [0.29, 0.717) is 12.5 Å². The molecular weight excluding hydrogens is 548 g/mol. The molecule has 0 radical (unpaired) electrons.